The Bertz CT molecular complexity index is 986. The van der Waals surface area contributed by atoms with Gasteiger partial charge in [-0.05, 0) is 64.1 Å². The van der Waals surface area contributed by atoms with E-state index in [0.717, 1.165) is 11.4 Å². The number of hydrogen-bond donors (Lipinski definition) is 1. The van der Waals surface area contributed by atoms with E-state index in [0.29, 0.717) is 29.2 Å². The van der Waals surface area contributed by atoms with Crippen LogP contribution in [0.15, 0.2) is 47.0 Å². The topological polar surface area (TPSA) is 86.4 Å². The van der Waals surface area contributed by atoms with Gasteiger partial charge in [0.05, 0.1) is 30.2 Å². The van der Waals surface area contributed by atoms with Crippen LogP contribution in [0.25, 0.3) is 5.69 Å². The molecule has 2 heterocycles. The zero-order chi connectivity index (χ0) is 20.3. The van der Waals surface area contributed by atoms with Crippen molar-refractivity contribution in [1.29, 1.82) is 0 Å². The number of furan rings is 1. The lowest BCUT2D eigenvalue weighted by Crippen LogP contribution is -2.26. The number of rotatable bonds is 6. The van der Waals surface area contributed by atoms with Crippen LogP contribution in [0, 0.1) is 13.8 Å². The Morgan fingerprint density at radius 1 is 1.18 bits per heavy atom. The quantitative estimate of drug-likeness (QED) is 0.657. The number of aryl methyl sites for hydroxylation is 1. The van der Waals surface area contributed by atoms with Gasteiger partial charge in [0.2, 0.25) is 0 Å². The van der Waals surface area contributed by atoms with Crippen LogP contribution in [-0.4, -0.2) is 28.3 Å². The van der Waals surface area contributed by atoms with E-state index in [1.807, 2.05) is 26.0 Å². The van der Waals surface area contributed by atoms with Crippen molar-refractivity contribution >= 4 is 11.9 Å². The van der Waals surface area contributed by atoms with Crippen LogP contribution in [0.5, 0.6) is 0 Å². The number of benzene rings is 1. The maximum Gasteiger partial charge on any atom is 0.341 e. The Hall–Kier alpha value is -3.35. The van der Waals surface area contributed by atoms with Gasteiger partial charge in [-0.3, -0.25) is 4.79 Å². The summed E-state index contributed by atoms with van der Waals surface area (Å²) in [6.45, 7) is 7.60. The molecule has 1 amide bonds. The number of nitrogens with zero attached hydrogens (tertiary/aromatic N) is 2. The van der Waals surface area contributed by atoms with E-state index >= 15 is 0 Å². The number of carbonyl (C=O) groups excluding carboxylic acids is 2. The lowest BCUT2D eigenvalue weighted by molar-refractivity contribution is 0.0525. The number of aromatic nitrogens is 2. The second kappa shape index (κ2) is 8.12. The van der Waals surface area contributed by atoms with Gasteiger partial charge >= 0.3 is 5.97 Å². The van der Waals surface area contributed by atoms with Crippen LogP contribution in [0.3, 0.4) is 0 Å². The maximum atomic E-state index is 12.5. The minimum absolute atomic E-state index is 0.197. The molecule has 0 radical (unpaired) electrons. The number of ether oxygens (including phenoxy) is 1. The highest BCUT2D eigenvalue weighted by molar-refractivity contribution is 5.94. The average molecular weight is 381 g/mol. The predicted molar refractivity (Wildman–Crippen MR) is 104 cm³/mol. The van der Waals surface area contributed by atoms with E-state index in [1.54, 1.807) is 42.8 Å². The molecule has 1 atom stereocenters. The van der Waals surface area contributed by atoms with Gasteiger partial charge in [0, 0.05) is 5.56 Å². The van der Waals surface area contributed by atoms with Gasteiger partial charge in [0.15, 0.2) is 0 Å². The fourth-order valence-electron chi connectivity index (χ4n) is 2.87. The van der Waals surface area contributed by atoms with Crippen LogP contribution in [-0.2, 0) is 4.74 Å². The van der Waals surface area contributed by atoms with Gasteiger partial charge in [-0.1, -0.05) is 0 Å². The Morgan fingerprint density at radius 3 is 2.50 bits per heavy atom. The Balaban J connectivity index is 1.73. The minimum atomic E-state index is -0.399. The van der Waals surface area contributed by atoms with Gasteiger partial charge in [0.25, 0.3) is 5.91 Å². The second-order valence-electron chi connectivity index (χ2n) is 6.47. The minimum Gasteiger partial charge on any atom is -0.464 e. The molecular weight excluding hydrogens is 358 g/mol. The SMILES string of the molecule is CCOC(=O)c1cnn(-c2ccc(C(=O)NC(C)c3ccc(C)o3)cc2)c1C. The Morgan fingerprint density at radius 2 is 1.89 bits per heavy atom. The van der Waals surface area contributed by atoms with Crippen molar-refractivity contribution in [3.63, 3.8) is 0 Å². The molecule has 146 valence electrons. The van der Waals surface area contributed by atoms with E-state index < -0.39 is 5.97 Å². The highest BCUT2D eigenvalue weighted by Gasteiger charge is 2.17. The molecule has 1 aromatic carbocycles. The molecular formula is C21H23N3O4. The summed E-state index contributed by atoms with van der Waals surface area (Å²) in [6.07, 6.45) is 1.49. The highest BCUT2D eigenvalue weighted by Crippen LogP contribution is 2.18. The molecule has 0 fully saturated rings. The second-order valence-corrected chi connectivity index (χ2v) is 6.47. The fraction of sp³-hybridized carbons (Fsp3) is 0.286. The molecule has 7 nitrogen and oxygen atoms in total. The van der Waals surface area contributed by atoms with E-state index in [4.69, 9.17) is 9.15 Å². The summed E-state index contributed by atoms with van der Waals surface area (Å²) in [7, 11) is 0. The zero-order valence-electron chi connectivity index (χ0n) is 16.4. The number of nitrogens with one attached hydrogen (secondary N) is 1. The Kier molecular flexibility index (Phi) is 5.63. The van der Waals surface area contributed by atoms with E-state index in [-0.39, 0.29) is 11.9 Å². The first-order chi connectivity index (χ1) is 13.4. The molecule has 7 heteroatoms. The van der Waals surface area contributed by atoms with Crippen molar-refractivity contribution in [3.8, 4) is 5.69 Å². The smallest absolute Gasteiger partial charge is 0.341 e. The molecule has 0 bridgehead atoms. The van der Waals surface area contributed by atoms with Crippen molar-refractivity contribution < 1.29 is 18.7 Å². The summed E-state index contributed by atoms with van der Waals surface area (Å²) in [5, 5.41) is 7.17. The molecule has 0 saturated carbocycles. The first kappa shape index (κ1) is 19.4. The zero-order valence-corrected chi connectivity index (χ0v) is 16.4. The van der Waals surface area contributed by atoms with Crippen LogP contribution in [0.1, 0.15) is 57.8 Å². The fourth-order valence-corrected chi connectivity index (χ4v) is 2.87. The lowest BCUT2D eigenvalue weighted by atomic mass is 10.1. The summed E-state index contributed by atoms with van der Waals surface area (Å²) in [5.41, 5.74) is 2.37. The molecule has 0 aliphatic rings. The van der Waals surface area contributed by atoms with E-state index in [1.165, 1.54) is 6.20 Å². The number of amides is 1. The van der Waals surface area contributed by atoms with Crippen LogP contribution < -0.4 is 5.32 Å². The lowest BCUT2D eigenvalue weighted by Gasteiger charge is -2.12. The van der Waals surface area contributed by atoms with Crippen molar-refractivity contribution in [3.05, 3.63) is 70.9 Å². The highest BCUT2D eigenvalue weighted by atomic mass is 16.5. The third-order valence-electron chi connectivity index (χ3n) is 4.41. The van der Waals surface area contributed by atoms with E-state index in [9.17, 15) is 9.59 Å². The molecule has 3 aromatic rings. The van der Waals surface area contributed by atoms with Gasteiger partial charge in [-0.2, -0.15) is 5.10 Å². The van der Waals surface area contributed by atoms with Gasteiger partial charge in [-0.15, -0.1) is 0 Å². The predicted octanol–water partition coefficient (Wildman–Crippen LogP) is 3.75. The van der Waals surface area contributed by atoms with E-state index in [2.05, 4.69) is 10.4 Å². The number of hydrogen-bond acceptors (Lipinski definition) is 5. The van der Waals surface area contributed by atoms with Crippen LogP contribution >= 0.6 is 0 Å². The summed E-state index contributed by atoms with van der Waals surface area (Å²) in [4.78, 5) is 24.4. The first-order valence-electron chi connectivity index (χ1n) is 9.10. The maximum absolute atomic E-state index is 12.5. The first-order valence-corrected chi connectivity index (χ1v) is 9.10. The molecule has 0 aliphatic carbocycles. The molecule has 3 rings (SSSR count). The van der Waals surface area contributed by atoms with Crippen molar-refractivity contribution in [2.45, 2.75) is 33.7 Å². The van der Waals surface area contributed by atoms with Crippen molar-refractivity contribution in [2.75, 3.05) is 6.61 Å². The standard InChI is InChI=1S/C21H23N3O4/c1-5-27-21(26)18-12-22-24(15(18)4)17-9-7-16(8-10-17)20(25)23-14(3)19-11-6-13(2)28-19/h6-12,14H,5H2,1-4H3,(H,23,25). The normalized spacial score (nSPS) is 11.9. The summed E-state index contributed by atoms with van der Waals surface area (Å²) in [5.74, 6) is 0.917. The third kappa shape index (κ3) is 3.98. The number of carbonyl (C=O) groups is 2. The summed E-state index contributed by atoms with van der Waals surface area (Å²) < 4.78 is 12.2. The molecule has 28 heavy (non-hydrogen) atoms. The molecule has 0 spiro atoms. The largest absolute Gasteiger partial charge is 0.464 e. The van der Waals surface area contributed by atoms with Gasteiger partial charge in [0.1, 0.15) is 17.1 Å². The molecule has 2 aromatic heterocycles. The average Bonchev–Trinajstić information content (AvgIpc) is 3.28. The van der Waals surface area contributed by atoms with Crippen LogP contribution in [0.4, 0.5) is 0 Å². The van der Waals surface area contributed by atoms with Gasteiger partial charge < -0.3 is 14.5 Å². The third-order valence-corrected chi connectivity index (χ3v) is 4.41. The molecule has 0 saturated heterocycles. The molecule has 1 N–H and O–H groups in total. The van der Waals surface area contributed by atoms with Gasteiger partial charge in [-0.25, -0.2) is 9.48 Å². The summed E-state index contributed by atoms with van der Waals surface area (Å²) >= 11 is 0. The molecule has 1 unspecified atom stereocenters. The van der Waals surface area contributed by atoms with Crippen molar-refractivity contribution in [2.24, 2.45) is 0 Å². The van der Waals surface area contributed by atoms with Crippen molar-refractivity contribution in [1.82, 2.24) is 15.1 Å². The number of esters is 1. The summed E-state index contributed by atoms with van der Waals surface area (Å²) in [6, 6.07) is 10.5. The molecule has 0 aliphatic heterocycles. The Labute approximate surface area is 163 Å². The monoisotopic (exact) mass is 381 g/mol. The van der Waals surface area contributed by atoms with Crippen LogP contribution in [0.2, 0.25) is 0 Å².